The van der Waals surface area contributed by atoms with Gasteiger partial charge in [0.15, 0.2) is 0 Å². The molecule has 1 heterocycles. The average Bonchev–Trinajstić information content (AvgIpc) is 2.60. The van der Waals surface area contributed by atoms with Gasteiger partial charge >= 0.3 is 11.1 Å². The minimum atomic E-state index is -0.695. The van der Waals surface area contributed by atoms with Gasteiger partial charge in [-0.3, -0.25) is 14.4 Å². The van der Waals surface area contributed by atoms with Gasteiger partial charge in [-0.15, -0.1) is 0 Å². The molecule has 0 saturated carbocycles. The van der Waals surface area contributed by atoms with Crippen LogP contribution >= 0.6 is 0 Å². The van der Waals surface area contributed by atoms with E-state index in [1.807, 2.05) is 13.8 Å². The predicted octanol–water partition coefficient (Wildman–Crippen LogP) is 0.957. The van der Waals surface area contributed by atoms with Crippen LogP contribution in [0.5, 0.6) is 0 Å². The number of carbonyl (C=O) groups is 1. The summed E-state index contributed by atoms with van der Waals surface area (Å²) in [5.74, 6) is -0.260. The number of carbonyl (C=O) groups excluding carboxylic acids is 1. The second kappa shape index (κ2) is 7.00. The van der Waals surface area contributed by atoms with Crippen molar-refractivity contribution >= 4 is 16.9 Å². The minimum absolute atomic E-state index is 0.260. The van der Waals surface area contributed by atoms with Gasteiger partial charge in [0.25, 0.3) is 5.91 Å². The molecule has 0 aliphatic carbocycles. The third-order valence-electron chi connectivity index (χ3n) is 4.56. The van der Waals surface area contributed by atoms with Crippen molar-refractivity contribution in [2.75, 3.05) is 6.54 Å². The Kier molecular flexibility index (Phi) is 5.23. The van der Waals surface area contributed by atoms with Gasteiger partial charge in [-0.25, -0.2) is 0 Å². The van der Waals surface area contributed by atoms with Crippen LogP contribution in [0.2, 0.25) is 0 Å². The standard InChI is InChI=1S/C17H24N4O3/c1-4-17(18,5-2)10-19-14(22)11-7-8-13-12(9-11)20-15(23)16(24)21(13)6-3/h7-9H,4-6,10,18H2,1-3H3,(H,19,22)(H,20,23). The highest BCUT2D eigenvalue weighted by Crippen LogP contribution is 2.13. The van der Waals surface area contributed by atoms with Crippen molar-refractivity contribution in [1.82, 2.24) is 14.9 Å². The fraction of sp³-hybridized carbons (Fsp3) is 0.471. The number of aromatic nitrogens is 2. The lowest BCUT2D eigenvalue weighted by Crippen LogP contribution is -2.49. The van der Waals surface area contributed by atoms with E-state index in [9.17, 15) is 14.4 Å². The van der Waals surface area contributed by atoms with Crippen LogP contribution in [0.25, 0.3) is 11.0 Å². The molecule has 2 aromatic rings. The smallest absolute Gasteiger partial charge is 0.316 e. The molecule has 7 nitrogen and oxygen atoms in total. The Labute approximate surface area is 139 Å². The third kappa shape index (κ3) is 3.41. The minimum Gasteiger partial charge on any atom is -0.350 e. The van der Waals surface area contributed by atoms with Gasteiger partial charge in [0, 0.05) is 24.2 Å². The first kappa shape index (κ1) is 17.9. The van der Waals surface area contributed by atoms with Crippen LogP contribution in [-0.2, 0) is 6.54 Å². The van der Waals surface area contributed by atoms with Crippen LogP contribution in [0, 0.1) is 0 Å². The maximum Gasteiger partial charge on any atom is 0.316 e. The van der Waals surface area contributed by atoms with E-state index in [4.69, 9.17) is 5.73 Å². The zero-order valence-corrected chi connectivity index (χ0v) is 14.3. The highest BCUT2D eigenvalue weighted by atomic mass is 16.2. The number of nitrogens with one attached hydrogen (secondary N) is 2. The number of benzene rings is 1. The number of hydrogen-bond acceptors (Lipinski definition) is 4. The quantitative estimate of drug-likeness (QED) is 0.684. The summed E-state index contributed by atoms with van der Waals surface area (Å²) < 4.78 is 1.38. The molecule has 0 unspecified atom stereocenters. The van der Waals surface area contributed by atoms with Crippen LogP contribution in [0.15, 0.2) is 27.8 Å². The molecule has 130 valence electrons. The Hall–Kier alpha value is -2.41. The summed E-state index contributed by atoms with van der Waals surface area (Å²) in [5.41, 5.74) is 5.93. The van der Waals surface area contributed by atoms with E-state index in [1.165, 1.54) is 4.57 Å². The van der Waals surface area contributed by atoms with Crippen LogP contribution in [0.3, 0.4) is 0 Å². The molecule has 2 rings (SSSR count). The molecular formula is C17H24N4O3. The monoisotopic (exact) mass is 332 g/mol. The lowest BCUT2D eigenvalue weighted by Gasteiger charge is -2.26. The SMILES string of the molecule is CCn1c(=O)c(=O)[nH]c2cc(C(=O)NCC(N)(CC)CC)ccc21. The molecule has 0 radical (unpaired) electrons. The fourth-order valence-electron chi connectivity index (χ4n) is 2.59. The van der Waals surface area contributed by atoms with E-state index in [0.717, 1.165) is 12.8 Å². The Morgan fingerprint density at radius 2 is 1.92 bits per heavy atom. The molecule has 0 atom stereocenters. The first-order valence-corrected chi connectivity index (χ1v) is 8.19. The van der Waals surface area contributed by atoms with E-state index >= 15 is 0 Å². The van der Waals surface area contributed by atoms with Gasteiger partial charge in [0.05, 0.1) is 11.0 Å². The van der Waals surface area contributed by atoms with Crippen LogP contribution in [-0.4, -0.2) is 27.5 Å². The number of H-pyrrole nitrogens is 1. The molecule has 0 bridgehead atoms. The van der Waals surface area contributed by atoms with Crippen LogP contribution in [0.4, 0.5) is 0 Å². The number of aromatic amines is 1. The second-order valence-electron chi connectivity index (χ2n) is 5.99. The highest BCUT2D eigenvalue weighted by Gasteiger charge is 2.21. The Bertz CT molecular complexity index is 862. The van der Waals surface area contributed by atoms with Gasteiger partial charge in [-0.05, 0) is 38.0 Å². The molecule has 0 spiro atoms. The number of amides is 1. The third-order valence-corrected chi connectivity index (χ3v) is 4.56. The number of rotatable bonds is 6. The summed E-state index contributed by atoms with van der Waals surface area (Å²) >= 11 is 0. The number of nitrogens with two attached hydrogens (primary N) is 1. The maximum atomic E-state index is 12.3. The summed E-state index contributed by atoms with van der Waals surface area (Å²) in [6.45, 7) is 6.52. The zero-order valence-electron chi connectivity index (χ0n) is 14.3. The topological polar surface area (TPSA) is 110 Å². The molecule has 7 heteroatoms. The van der Waals surface area contributed by atoms with E-state index < -0.39 is 16.7 Å². The molecule has 1 amide bonds. The molecule has 1 aromatic carbocycles. The first-order chi connectivity index (χ1) is 11.3. The van der Waals surface area contributed by atoms with Crippen molar-refractivity contribution < 1.29 is 4.79 Å². The summed E-state index contributed by atoms with van der Waals surface area (Å²) in [5, 5.41) is 2.84. The van der Waals surface area contributed by atoms with Gasteiger partial charge in [-0.1, -0.05) is 13.8 Å². The summed E-state index contributed by atoms with van der Waals surface area (Å²) in [6.07, 6.45) is 1.52. The number of fused-ring (bicyclic) bond motifs is 1. The van der Waals surface area contributed by atoms with Crippen molar-refractivity contribution in [2.24, 2.45) is 5.73 Å². The summed E-state index contributed by atoms with van der Waals surface area (Å²) in [4.78, 5) is 38.4. The number of hydrogen-bond donors (Lipinski definition) is 3. The first-order valence-electron chi connectivity index (χ1n) is 8.19. The normalized spacial score (nSPS) is 11.7. The molecule has 0 aliphatic heterocycles. The van der Waals surface area contributed by atoms with Crippen molar-refractivity contribution in [3.05, 3.63) is 44.5 Å². The Morgan fingerprint density at radius 3 is 2.50 bits per heavy atom. The molecule has 0 saturated heterocycles. The second-order valence-corrected chi connectivity index (χ2v) is 5.99. The molecule has 0 fully saturated rings. The van der Waals surface area contributed by atoms with E-state index in [2.05, 4.69) is 10.3 Å². The van der Waals surface area contributed by atoms with Gasteiger partial charge in [-0.2, -0.15) is 0 Å². The van der Waals surface area contributed by atoms with Gasteiger partial charge in [0.2, 0.25) is 0 Å². The molecule has 24 heavy (non-hydrogen) atoms. The zero-order chi connectivity index (χ0) is 17.9. The van der Waals surface area contributed by atoms with Crippen LogP contribution in [0.1, 0.15) is 44.0 Å². The average molecular weight is 332 g/mol. The molecule has 1 aromatic heterocycles. The van der Waals surface area contributed by atoms with E-state index in [-0.39, 0.29) is 5.91 Å². The van der Waals surface area contributed by atoms with Crippen LogP contribution < -0.4 is 22.2 Å². The van der Waals surface area contributed by atoms with Crippen molar-refractivity contribution in [3.63, 3.8) is 0 Å². The fourth-order valence-corrected chi connectivity index (χ4v) is 2.59. The van der Waals surface area contributed by atoms with Gasteiger partial charge < -0.3 is 20.6 Å². The Morgan fingerprint density at radius 1 is 1.25 bits per heavy atom. The van der Waals surface area contributed by atoms with Gasteiger partial charge in [0.1, 0.15) is 0 Å². The lowest BCUT2D eigenvalue weighted by molar-refractivity contribution is 0.0942. The number of nitrogens with zero attached hydrogens (tertiary/aromatic N) is 1. The lowest BCUT2D eigenvalue weighted by atomic mass is 9.94. The largest absolute Gasteiger partial charge is 0.350 e. The van der Waals surface area contributed by atoms with Crippen molar-refractivity contribution in [2.45, 2.75) is 45.7 Å². The van der Waals surface area contributed by atoms with Crippen molar-refractivity contribution in [1.29, 1.82) is 0 Å². The molecular weight excluding hydrogens is 308 g/mol. The van der Waals surface area contributed by atoms with E-state index in [1.54, 1.807) is 25.1 Å². The molecule has 4 N–H and O–H groups in total. The summed E-state index contributed by atoms with van der Waals surface area (Å²) in [6, 6.07) is 4.88. The number of aryl methyl sites for hydroxylation is 1. The van der Waals surface area contributed by atoms with E-state index in [0.29, 0.717) is 29.7 Å². The summed E-state index contributed by atoms with van der Waals surface area (Å²) in [7, 11) is 0. The predicted molar refractivity (Wildman–Crippen MR) is 94.3 cm³/mol. The van der Waals surface area contributed by atoms with Crippen molar-refractivity contribution in [3.8, 4) is 0 Å². The Balaban J connectivity index is 2.34. The highest BCUT2D eigenvalue weighted by molar-refractivity contribution is 5.97. The maximum absolute atomic E-state index is 12.3. The molecule has 0 aliphatic rings.